The molecule has 3 aromatic rings. The molecule has 0 saturated heterocycles. The van der Waals surface area contributed by atoms with Gasteiger partial charge in [-0.3, -0.25) is 0 Å². The Bertz CT molecular complexity index is 727. The van der Waals surface area contributed by atoms with E-state index in [9.17, 15) is 0 Å². The number of alkyl halides is 1. The highest BCUT2D eigenvalue weighted by Gasteiger charge is 2.06. The average Bonchev–Trinajstić information content (AvgIpc) is 2.88. The van der Waals surface area contributed by atoms with Crippen molar-refractivity contribution in [1.29, 1.82) is 0 Å². The van der Waals surface area contributed by atoms with Gasteiger partial charge < -0.3 is 9.72 Å². The summed E-state index contributed by atoms with van der Waals surface area (Å²) in [7, 11) is 0. The number of rotatable bonds is 4. The van der Waals surface area contributed by atoms with Gasteiger partial charge in [-0.05, 0) is 46.3 Å². The fraction of sp³-hybridized carbons (Fsp3) is 0.143. The zero-order valence-electron chi connectivity index (χ0n) is 10.4. The molecule has 0 radical (unpaired) electrons. The monoisotopic (exact) mass is 351 g/mol. The molecule has 2 aromatic heterocycles. The van der Waals surface area contributed by atoms with Gasteiger partial charge in [-0.15, -0.1) is 11.6 Å². The molecule has 2 heterocycles. The Kier molecular flexibility index (Phi) is 3.89. The van der Waals surface area contributed by atoms with E-state index in [0.717, 1.165) is 32.8 Å². The van der Waals surface area contributed by atoms with E-state index in [2.05, 4.69) is 30.9 Å². The lowest BCUT2D eigenvalue weighted by molar-refractivity contribution is 0.343. The number of aromatic nitrogens is 3. The van der Waals surface area contributed by atoms with E-state index in [-0.39, 0.29) is 0 Å². The first-order valence-corrected chi connectivity index (χ1v) is 7.39. The van der Waals surface area contributed by atoms with Gasteiger partial charge in [-0.1, -0.05) is 0 Å². The zero-order chi connectivity index (χ0) is 13.9. The molecule has 1 aromatic carbocycles. The zero-order valence-corrected chi connectivity index (χ0v) is 12.8. The summed E-state index contributed by atoms with van der Waals surface area (Å²) >= 11 is 8.97. The van der Waals surface area contributed by atoms with Crippen LogP contribution in [0.15, 0.2) is 41.0 Å². The summed E-state index contributed by atoms with van der Waals surface area (Å²) in [5.41, 5.74) is 2.58. The lowest BCUT2D eigenvalue weighted by Crippen LogP contribution is -1.97. The number of imidazole rings is 1. The van der Waals surface area contributed by atoms with Crippen molar-refractivity contribution in [3.63, 3.8) is 0 Å². The predicted molar refractivity (Wildman–Crippen MR) is 83.2 cm³/mol. The molecular formula is C14H11BrClN3O. The van der Waals surface area contributed by atoms with E-state index in [4.69, 9.17) is 16.3 Å². The minimum Gasteiger partial charge on any atom is -0.492 e. The predicted octanol–water partition coefficient (Wildman–Crippen LogP) is 4.01. The van der Waals surface area contributed by atoms with Crippen molar-refractivity contribution in [3.8, 4) is 17.1 Å². The molecule has 0 amide bonds. The van der Waals surface area contributed by atoms with Crippen molar-refractivity contribution in [2.45, 2.75) is 0 Å². The molecule has 1 N–H and O–H groups in total. The van der Waals surface area contributed by atoms with Gasteiger partial charge in [0.05, 0.1) is 5.88 Å². The van der Waals surface area contributed by atoms with E-state index in [1.165, 1.54) is 0 Å². The van der Waals surface area contributed by atoms with Crippen LogP contribution < -0.4 is 4.74 Å². The van der Waals surface area contributed by atoms with Gasteiger partial charge >= 0.3 is 0 Å². The maximum atomic E-state index is 5.59. The quantitative estimate of drug-likeness (QED) is 0.722. The van der Waals surface area contributed by atoms with Crippen LogP contribution in [0.25, 0.3) is 22.6 Å². The van der Waals surface area contributed by atoms with Gasteiger partial charge in [-0.2, -0.15) is 0 Å². The van der Waals surface area contributed by atoms with E-state index < -0.39 is 0 Å². The number of hydrogen-bond acceptors (Lipinski definition) is 3. The van der Waals surface area contributed by atoms with E-state index >= 15 is 0 Å². The fourth-order valence-electron chi connectivity index (χ4n) is 1.87. The fourth-order valence-corrected chi connectivity index (χ4v) is 2.27. The van der Waals surface area contributed by atoms with Crippen molar-refractivity contribution in [2.24, 2.45) is 0 Å². The number of benzene rings is 1. The second-order valence-electron chi connectivity index (χ2n) is 4.17. The topological polar surface area (TPSA) is 50.8 Å². The molecule has 102 valence electrons. The number of ether oxygens (including phenoxy) is 1. The highest BCUT2D eigenvalue weighted by molar-refractivity contribution is 9.10. The number of pyridine rings is 1. The highest BCUT2D eigenvalue weighted by Crippen LogP contribution is 2.23. The van der Waals surface area contributed by atoms with Crippen molar-refractivity contribution in [2.75, 3.05) is 12.5 Å². The summed E-state index contributed by atoms with van der Waals surface area (Å²) < 4.78 is 6.35. The van der Waals surface area contributed by atoms with Crippen molar-refractivity contribution in [3.05, 3.63) is 41.0 Å². The van der Waals surface area contributed by atoms with Crippen LogP contribution in [-0.2, 0) is 0 Å². The Hall–Kier alpha value is -1.59. The summed E-state index contributed by atoms with van der Waals surface area (Å²) in [5.74, 6) is 2.06. The Morgan fingerprint density at radius 3 is 2.80 bits per heavy atom. The van der Waals surface area contributed by atoms with E-state index in [1.807, 2.05) is 30.3 Å². The molecular weight excluding hydrogens is 342 g/mol. The molecule has 0 bridgehead atoms. The number of H-pyrrole nitrogens is 1. The van der Waals surface area contributed by atoms with Gasteiger partial charge in [0.25, 0.3) is 0 Å². The number of aromatic amines is 1. The van der Waals surface area contributed by atoms with E-state index in [1.54, 1.807) is 6.20 Å². The molecule has 0 aliphatic heterocycles. The van der Waals surface area contributed by atoms with Crippen LogP contribution >= 0.6 is 27.5 Å². The Labute approximate surface area is 129 Å². The molecule has 0 atom stereocenters. The van der Waals surface area contributed by atoms with Crippen molar-refractivity contribution >= 4 is 38.7 Å². The van der Waals surface area contributed by atoms with Crippen LogP contribution in [0.2, 0.25) is 0 Å². The molecule has 4 nitrogen and oxygen atoms in total. The number of hydrogen-bond donors (Lipinski definition) is 1. The number of halogens is 2. The maximum absolute atomic E-state index is 5.59. The molecule has 6 heteroatoms. The summed E-state index contributed by atoms with van der Waals surface area (Å²) in [4.78, 5) is 12.0. The standard InChI is InChI=1S/C14H11BrClN3O/c15-10-7-12-14(17-8-10)19-13(18-12)9-1-3-11(4-2-9)20-6-5-16/h1-4,7-8H,5-6H2,(H,17,18,19). The van der Waals surface area contributed by atoms with Crippen LogP contribution in [0.4, 0.5) is 0 Å². The Morgan fingerprint density at radius 1 is 1.25 bits per heavy atom. The second kappa shape index (κ2) is 5.81. The maximum Gasteiger partial charge on any atom is 0.157 e. The molecule has 0 spiro atoms. The first-order chi connectivity index (χ1) is 9.76. The summed E-state index contributed by atoms with van der Waals surface area (Å²) in [6.07, 6.45) is 1.74. The van der Waals surface area contributed by atoms with Crippen molar-refractivity contribution < 1.29 is 4.74 Å². The molecule has 0 unspecified atom stereocenters. The normalized spacial score (nSPS) is 10.9. The summed E-state index contributed by atoms with van der Waals surface area (Å²) in [5, 5.41) is 0. The summed E-state index contributed by atoms with van der Waals surface area (Å²) in [6.45, 7) is 0.503. The van der Waals surface area contributed by atoms with Gasteiger partial charge in [0.1, 0.15) is 23.7 Å². The van der Waals surface area contributed by atoms with Crippen LogP contribution in [0.5, 0.6) is 5.75 Å². The third-order valence-electron chi connectivity index (χ3n) is 2.78. The van der Waals surface area contributed by atoms with Crippen LogP contribution in [0, 0.1) is 0 Å². The Morgan fingerprint density at radius 2 is 2.05 bits per heavy atom. The molecule has 3 rings (SSSR count). The highest BCUT2D eigenvalue weighted by atomic mass is 79.9. The van der Waals surface area contributed by atoms with Crippen molar-refractivity contribution in [1.82, 2.24) is 15.0 Å². The number of fused-ring (bicyclic) bond motifs is 1. The molecule has 0 saturated carbocycles. The minimum atomic E-state index is 0.478. The first-order valence-electron chi connectivity index (χ1n) is 6.07. The number of nitrogens with zero attached hydrogens (tertiary/aromatic N) is 2. The molecule has 20 heavy (non-hydrogen) atoms. The lowest BCUT2D eigenvalue weighted by atomic mass is 10.2. The third kappa shape index (κ3) is 2.78. The molecule has 0 fully saturated rings. The van der Waals surface area contributed by atoms with E-state index in [0.29, 0.717) is 12.5 Å². The van der Waals surface area contributed by atoms with Gasteiger partial charge in [0.2, 0.25) is 0 Å². The van der Waals surface area contributed by atoms with Gasteiger partial charge in [0, 0.05) is 16.2 Å². The van der Waals surface area contributed by atoms with Gasteiger partial charge in [0.15, 0.2) is 5.65 Å². The van der Waals surface area contributed by atoms with Crippen LogP contribution in [0.1, 0.15) is 0 Å². The molecule has 0 aliphatic carbocycles. The molecule has 0 aliphatic rings. The summed E-state index contributed by atoms with van der Waals surface area (Å²) in [6, 6.07) is 9.64. The third-order valence-corrected chi connectivity index (χ3v) is 3.36. The SMILES string of the molecule is ClCCOc1ccc(-c2nc3cc(Br)cnc3[nH]2)cc1. The number of nitrogens with one attached hydrogen (secondary N) is 1. The first kappa shape index (κ1) is 13.4. The van der Waals surface area contributed by atoms with Gasteiger partial charge in [-0.25, -0.2) is 9.97 Å². The van der Waals surface area contributed by atoms with Crippen LogP contribution in [0.3, 0.4) is 0 Å². The Balaban J connectivity index is 1.90. The lowest BCUT2D eigenvalue weighted by Gasteiger charge is -2.04. The smallest absolute Gasteiger partial charge is 0.157 e. The van der Waals surface area contributed by atoms with Crippen LogP contribution in [-0.4, -0.2) is 27.4 Å². The minimum absolute atomic E-state index is 0.478. The second-order valence-corrected chi connectivity index (χ2v) is 5.46. The average molecular weight is 353 g/mol. The largest absolute Gasteiger partial charge is 0.492 e.